The van der Waals surface area contributed by atoms with E-state index in [1.165, 1.54) is 0 Å². The van der Waals surface area contributed by atoms with Crippen LogP contribution < -0.4 is 9.64 Å². The van der Waals surface area contributed by atoms with Gasteiger partial charge in [-0.2, -0.15) is 0 Å². The highest BCUT2D eigenvalue weighted by Gasteiger charge is 2.35. The third-order valence-corrected chi connectivity index (χ3v) is 5.02. The molecule has 1 unspecified atom stereocenters. The fraction of sp³-hybridized carbons (Fsp3) is 0.273. The van der Waals surface area contributed by atoms with Crippen LogP contribution in [-0.2, 0) is 16.6 Å². The third kappa shape index (κ3) is 3.11. The molecular weight excluding hydrogens is 356 g/mol. The van der Waals surface area contributed by atoms with Crippen LogP contribution in [0.2, 0.25) is 0 Å². The Morgan fingerprint density at radius 3 is 2.68 bits per heavy atom. The molecule has 3 aromatic rings. The summed E-state index contributed by atoms with van der Waals surface area (Å²) in [7, 11) is 1.88. The number of nitrogens with zero attached hydrogens (tertiary/aromatic N) is 2. The van der Waals surface area contributed by atoms with Crippen LogP contribution in [0.1, 0.15) is 23.8 Å². The molecule has 2 heterocycles. The first-order chi connectivity index (χ1) is 13.6. The SMILES string of the molecule is CCOC(=O)CC1COc2ccccc2N1C(=O)c1cc2ccccc2n1C. The number of benzene rings is 2. The normalized spacial score (nSPS) is 15.8. The topological polar surface area (TPSA) is 60.8 Å². The Morgan fingerprint density at radius 1 is 1.14 bits per heavy atom. The van der Waals surface area contributed by atoms with Crippen molar-refractivity contribution in [1.29, 1.82) is 0 Å². The second kappa shape index (κ2) is 7.38. The van der Waals surface area contributed by atoms with Gasteiger partial charge in [0.15, 0.2) is 0 Å². The molecule has 0 saturated carbocycles. The van der Waals surface area contributed by atoms with E-state index >= 15 is 0 Å². The molecular formula is C22H22N2O4. The van der Waals surface area contributed by atoms with E-state index in [0.717, 1.165) is 10.9 Å². The molecule has 6 heteroatoms. The van der Waals surface area contributed by atoms with Gasteiger partial charge < -0.3 is 14.0 Å². The standard InChI is InChI=1S/C22H22N2O4/c1-3-27-21(25)13-16-14-28-20-11-7-6-10-18(20)24(16)22(26)19-12-15-8-4-5-9-17(15)23(19)2/h4-12,16H,3,13-14H2,1-2H3. The second-order valence-electron chi connectivity index (χ2n) is 6.76. The monoisotopic (exact) mass is 378 g/mol. The summed E-state index contributed by atoms with van der Waals surface area (Å²) < 4.78 is 12.8. The van der Waals surface area contributed by atoms with Gasteiger partial charge in [0.25, 0.3) is 5.91 Å². The largest absolute Gasteiger partial charge is 0.489 e. The molecule has 0 aliphatic carbocycles. The molecule has 0 N–H and O–H groups in total. The number of hydrogen-bond acceptors (Lipinski definition) is 4. The van der Waals surface area contributed by atoms with E-state index in [9.17, 15) is 9.59 Å². The molecule has 0 fully saturated rings. The van der Waals surface area contributed by atoms with Gasteiger partial charge in [0, 0.05) is 18.0 Å². The maximum atomic E-state index is 13.6. The third-order valence-electron chi connectivity index (χ3n) is 5.02. The van der Waals surface area contributed by atoms with Crippen LogP contribution in [-0.4, -0.2) is 35.7 Å². The predicted octanol–water partition coefficient (Wildman–Crippen LogP) is 3.54. The maximum absolute atomic E-state index is 13.6. The van der Waals surface area contributed by atoms with Crippen molar-refractivity contribution in [1.82, 2.24) is 4.57 Å². The number of carbonyl (C=O) groups is 2. The summed E-state index contributed by atoms with van der Waals surface area (Å²) in [4.78, 5) is 27.4. The number of aryl methyl sites for hydroxylation is 1. The minimum Gasteiger partial charge on any atom is -0.489 e. The van der Waals surface area contributed by atoms with Crippen LogP contribution in [0.15, 0.2) is 54.6 Å². The fourth-order valence-electron chi connectivity index (χ4n) is 3.69. The molecule has 0 radical (unpaired) electrons. The van der Waals surface area contributed by atoms with Gasteiger partial charge in [0.2, 0.25) is 0 Å². The molecule has 0 saturated heterocycles. The van der Waals surface area contributed by atoms with Gasteiger partial charge in [-0.15, -0.1) is 0 Å². The van der Waals surface area contributed by atoms with Crippen LogP contribution in [0.4, 0.5) is 5.69 Å². The predicted molar refractivity (Wildman–Crippen MR) is 107 cm³/mol. The molecule has 0 spiro atoms. The Bertz CT molecular complexity index is 1040. The van der Waals surface area contributed by atoms with Gasteiger partial charge in [0.05, 0.1) is 24.8 Å². The van der Waals surface area contributed by atoms with Gasteiger partial charge >= 0.3 is 5.97 Å². The van der Waals surface area contributed by atoms with E-state index in [-0.39, 0.29) is 24.9 Å². The quantitative estimate of drug-likeness (QED) is 0.652. The van der Waals surface area contributed by atoms with Gasteiger partial charge in [0.1, 0.15) is 18.1 Å². The van der Waals surface area contributed by atoms with E-state index in [1.54, 1.807) is 11.8 Å². The van der Waals surface area contributed by atoms with E-state index in [1.807, 2.05) is 66.2 Å². The highest BCUT2D eigenvalue weighted by molar-refractivity contribution is 6.09. The van der Waals surface area contributed by atoms with Crippen molar-refractivity contribution in [3.8, 4) is 5.75 Å². The number of ether oxygens (including phenoxy) is 2. The van der Waals surface area contributed by atoms with Crippen molar-refractivity contribution in [2.45, 2.75) is 19.4 Å². The van der Waals surface area contributed by atoms with Crippen LogP contribution in [0.5, 0.6) is 5.75 Å². The van der Waals surface area contributed by atoms with Crippen molar-refractivity contribution < 1.29 is 19.1 Å². The number of esters is 1. The molecule has 1 aliphatic rings. The van der Waals surface area contributed by atoms with Crippen molar-refractivity contribution in [2.24, 2.45) is 7.05 Å². The lowest BCUT2D eigenvalue weighted by molar-refractivity contribution is -0.143. The Labute approximate surface area is 163 Å². The highest BCUT2D eigenvalue weighted by atomic mass is 16.5. The molecule has 0 bridgehead atoms. The first kappa shape index (κ1) is 18.1. The number of anilines is 1. The molecule has 1 aliphatic heterocycles. The summed E-state index contributed by atoms with van der Waals surface area (Å²) in [5.41, 5.74) is 2.21. The lowest BCUT2D eigenvalue weighted by atomic mass is 10.1. The molecule has 1 amide bonds. The number of rotatable bonds is 4. The summed E-state index contributed by atoms with van der Waals surface area (Å²) in [6.07, 6.45) is 0.0812. The summed E-state index contributed by atoms with van der Waals surface area (Å²) in [6, 6.07) is 16.7. The van der Waals surface area contributed by atoms with Crippen molar-refractivity contribution in [3.63, 3.8) is 0 Å². The van der Waals surface area contributed by atoms with Crippen molar-refractivity contribution >= 4 is 28.5 Å². The summed E-state index contributed by atoms with van der Waals surface area (Å²) in [6.45, 7) is 2.31. The lowest BCUT2D eigenvalue weighted by Crippen LogP contribution is -2.48. The Morgan fingerprint density at radius 2 is 1.89 bits per heavy atom. The number of carbonyl (C=O) groups excluding carboxylic acids is 2. The van der Waals surface area contributed by atoms with Gasteiger partial charge in [-0.3, -0.25) is 14.5 Å². The average molecular weight is 378 g/mol. The summed E-state index contributed by atoms with van der Waals surface area (Å²) in [5, 5.41) is 0.997. The Hall–Kier alpha value is -3.28. The maximum Gasteiger partial charge on any atom is 0.308 e. The van der Waals surface area contributed by atoms with E-state index in [0.29, 0.717) is 23.7 Å². The molecule has 2 aromatic carbocycles. The fourth-order valence-corrected chi connectivity index (χ4v) is 3.69. The van der Waals surface area contributed by atoms with Crippen LogP contribution in [0.25, 0.3) is 10.9 Å². The first-order valence-corrected chi connectivity index (χ1v) is 9.35. The van der Waals surface area contributed by atoms with Crippen molar-refractivity contribution in [3.05, 3.63) is 60.3 Å². The van der Waals surface area contributed by atoms with Crippen molar-refractivity contribution in [2.75, 3.05) is 18.1 Å². The number of amides is 1. The van der Waals surface area contributed by atoms with Crippen LogP contribution in [0, 0.1) is 0 Å². The second-order valence-corrected chi connectivity index (χ2v) is 6.76. The zero-order valence-corrected chi connectivity index (χ0v) is 15.9. The lowest BCUT2D eigenvalue weighted by Gasteiger charge is -2.36. The summed E-state index contributed by atoms with van der Waals surface area (Å²) in [5.74, 6) is 0.129. The van der Waals surface area contributed by atoms with E-state index in [2.05, 4.69) is 0 Å². The summed E-state index contributed by atoms with van der Waals surface area (Å²) >= 11 is 0. The molecule has 6 nitrogen and oxygen atoms in total. The number of fused-ring (bicyclic) bond motifs is 2. The number of para-hydroxylation sites is 3. The Kier molecular flexibility index (Phi) is 4.77. The Balaban J connectivity index is 1.76. The highest BCUT2D eigenvalue weighted by Crippen LogP contribution is 2.36. The smallest absolute Gasteiger partial charge is 0.308 e. The number of hydrogen-bond donors (Lipinski definition) is 0. The van der Waals surface area contributed by atoms with Crippen LogP contribution >= 0.6 is 0 Å². The minimum atomic E-state index is -0.431. The molecule has 1 aromatic heterocycles. The zero-order chi connectivity index (χ0) is 19.7. The zero-order valence-electron chi connectivity index (χ0n) is 15.9. The van der Waals surface area contributed by atoms with Gasteiger partial charge in [-0.1, -0.05) is 30.3 Å². The van der Waals surface area contributed by atoms with Gasteiger partial charge in [-0.05, 0) is 31.2 Å². The molecule has 1 atom stereocenters. The van der Waals surface area contributed by atoms with Crippen LogP contribution in [0.3, 0.4) is 0 Å². The molecule has 28 heavy (non-hydrogen) atoms. The molecule has 4 rings (SSSR count). The van der Waals surface area contributed by atoms with E-state index < -0.39 is 6.04 Å². The minimum absolute atomic E-state index is 0.0812. The molecule has 144 valence electrons. The van der Waals surface area contributed by atoms with Gasteiger partial charge in [-0.25, -0.2) is 0 Å². The first-order valence-electron chi connectivity index (χ1n) is 9.35. The van der Waals surface area contributed by atoms with E-state index in [4.69, 9.17) is 9.47 Å². The number of aromatic nitrogens is 1. The average Bonchev–Trinajstić information content (AvgIpc) is 3.04.